The van der Waals surface area contributed by atoms with Crippen LogP contribution < -0.4 is 33.2 Å². The van der Waals surface area contributed by atoms with E-state index in [1.165, 1.54) is 11.8 Å². The molecule has 0 radical (unpaired) electrons. The largest absolute Gasteiger partial charge is 0.480 e. The Hall–Kier alpha value is -2.38. The van der Waals surface area contributed by atoms with Gasteiger partial charge in [-0.25, -0.2) is 4.79 Å². The van der Waals surface area contributed by atoms with Crippen LogP contribution in [0.4, 0.5) is 0 Å². The summed E-state index contributed by atoms with van der Waals surface area (Å²) in [6, 6.07) is -4.18. The summed E-state index contributed by atoms with van der Waals surface area (Å²) < 4.78 is 0. The Bertz CT molecular complexity index is 693. The number of aliphatic carboxylic acids is 1. The number of carbonyl (C=O) groups is 5. The standard InChI is InChI=1S/C21H40N6O6S/c1-12(2)17(20(31)26-15(21(32)33)9-11-34-3)27-19(30)14(7-8-16(24)28)25-18(29)13(23)6-4-5-10-22/h12-15,17H,4-11,22-23H2,1-3H3,(H2,24,28)(H,25,29)(H,26,31)(H,27,30)(H,32,33). The molecule has 0 aromatic carbocycles. The molecular formula is C21H40N6O6S. The third-order valence-corrected chi connectivity index (χ3v) is 5.73. The van der Waals surface area contributed by atoms with Crippen molar-refractivity contribution in [3.8, 4) is 0 Å². The molecule has 4 atom stereocenters. The van der Waals surface area contributed by atoms with Gasteiger partial charge < -0.3 is 38.3 Å². The van der Waals surface area contributed by atoms with Gasteiger partial charge in [0.05, 0.1) is 6.04 Å². The lowest BCUT2D eigenvalue weighted by Crippen LogP contribution is -2.58. The van der Waals surface area contributed by atoms with Crippen molar-refractivity contribution in [1.29, 1.82) is 0 Å². The summed E-state index contributed by atoms with van der Waals surface area (Å²) in [6.45, 7) is 3.84. The van der Waals surface area contributed by atoms with Gasteiger partial charge in [-0.2, -0.15) is 11.8 Å². The summed E-state index contributed by atoms with van der Waals surface area (Å²) in [5.74, 6) is -3.62. The molecule has 0 spiro atoms. The first-order valence-corrected chi connectivity index (χ1v) is 12.7. The van der Waals surface area contributed by atoms with Gasteiger partial charge in [0, 0.05) is 6.42 Å². The molecule has 0 fully saturated rings. The van der Waals surface area contributed by atoms with Crippen molar-refractivity contribution in [1.82, 2.24) is 16.0 Å². The predicted molar refractivity (Wildman–Crippen MR) is 131 cm³/mol. The van der Waals surface area contributed by atoms with E-state index < -0.39 is 53.8 Å². The van der Waals surface area contributed by atoms with Crippen molar-refractivity contribution in [3.63, 3.8) is 0 Å². The molecule has 10 N–H and O–H groups in total. The number of carboxylic acid groups (broad SMARTS) is 1. The number of hydrogen-bond acceptors (Lipinski definition) is 8. The third kappa shape index (κ3) is 12.8. The topological polar surface area (TPSA) is 220 Å². The molecule has 0 aliphatic carbocycles. The third-order valence-electron chi connectivity index (χ3n) is 5.09. The Morgan fingerprint density at radius 1 is 0.882 bits per heavy atom. The molecule has 0 aliphatic heterocycles. The van der Waals surface area contributed by atoms with Crippen LogP contribution in [0.25, 0.3) is 0 Å². The minimum absolute atomic E-state index is 0.0830. The zero-order chi connectivity index (χ0) is 26.3. The Kier molecular flexibility index (Phi) is 15.9. The number of carboxylic acids is 1. The number of thioether (sulfide) groups is 1. The van der Waals surface area contributed by atoms with Crippen LogP contribution >= 0.6 is 11.8 Å². The van der Waals surface area contributed by atoms with Crippen molar-refractivity contribution < 1.29 is 29.1 Å². The van der Waals surface area contributed by atoms with Crippen LogP contribution in [-0.2, 0) is 24.0 Å². The number of carbonyl (C=O) groups excluding carboxylic acids is 4. The van der Waals surface area contributed by atoms with Crippen LogP contribution in [0.3, 0.4) is 0 Å². The van der Waals surface area contributed by atoms with Crippen molar-refractivity contribution in [2.45, 2.75) is 76.5 Å². The molecule has 0 heterocycles. The van der Waals surface area contributed by atoms with Crippen molar-refractivity contribution in [2.24, 2.45) is 23.1 Å². The summed E-state index contributed by atoms with van der Waals surface area (Å²) in [5, 5.41) is 16.9. The molecule has 34 heavy (non-hydrogen) atoms. The van der Waals surface area contributed by atoms with Gasteiger partial charge in [0.25, 0.3) is 0 Å². The van der Waals surface area contributed by atoms with Gasteiger partial charge in [-0.1, -0.05) is 20.3 Å². The molecule has 0 aliphatic rings. The fourth-order valence-electron chi connectivity index (χ4n) is 3.02. The molecule has 0 aromatic rings. The Morgan fingerprint density at radius 3 is 2.00 bits per heavy atom. The van der Waals surface area contributed by atoms with Crippen LogP contribution in [0.1, 0.15) is 52.4 Å². The lowest BCUT2D eigenvalue weighted by atomic mass is 10.0. The second-order valence-corrected chi connectivity index (χ2v) is 9.35. The molecule has 0 rings (SSSR count). The maximum absolute atomic E-state index is 13.0. The minimum Gasteiger partial charge on any atom is -0.480 e. The van der Waals surface area contributed by atoms with Crippen LogP contribution in [0, 0.1) is 5.92 Å². The number of primary amides is 1. The van der Waals surface area contributed by atoms with E-state index in [4.69, 9.17) is 17.2 Å². The maximum atomic E-state index is 13.0. The van der Waals surface area contributed by atoms with E-state index in [-0.39, 0.29) is 25.2 Å². The lowest BCUT2D eigenvalue weighted by Gasteiger charge is -2.27. The second kappa shape index (κ2) is 17.1. The molecule has 4 unspecified atom stereocenters. The van der Waals surface area contributed by atoms with E-state index in [2.05, 4.69) is 16.0 Å². The average Bonchev–Trinajstić information content (AvgIpc) is 2.76. The summed E-state index contributed by atoms with van der Waals surface area (Å²) in [4.78, 5) is 60.9. The van der Waals surface area contributed by atoms with Gasteiger partial charge in [0.1, 0.15) is 18.1 Å². The van der Waals surface area contributed by atoms with Gasteiger partial charge in [-0.05, 0) is 50.2 Å². The maximum Gasteiger partial charge on any atom is 0.326 e. The highest BCUT2D eigenvalue weighted by Gasteiger charge is 2.31. The number of nitrogens with one attached hydrogen (secondary N) is 3. The zero-order valence-electron chi connectivity index (χ0n) is 20.2. The number of unbranched alkanes of at least 4 members (excludes halogenated alkanes) is 1. The van der Waals surface area contributed by atoms with Gasteiger partial charge in [0.15, 0.2) is 0 Å². The van der Waals surface area contributed by atoms with Gasteiger partial charge in [-0.3, -0.25) is 19.2 Å². The fraction of sp³-hybridized carbons (Fsp3) is 0.762. The normalized spacial score (nSPS) is 14.5. The zero-order valence-corrected chi connectivity index (χ0v) is 21.0. The number of hydrogen-bond donors (Lipinski definition) is 7. The Balaban J connectivity index is 5.37. The van der Waals surface area contributed by atoms with Crippen LogP contribution in [0.2, 0.25) is 0 Å². The van der Waals surface area contributed by atoms with Gasteiger partial charge in [0.2, 0.25) is 23.6 Å². The van der Waals surface area contributed by atoms with Gasteiger partial charge in [-0.15, -0.1) is 0 Å². The van der Waals surface area contributed by atoms with Crippen LogP contribution in [0.15, 0.2) is 0 Å². The van der Waals surface area contributed by atoms with Crippen LogP contribution in [0.5, 0.6) is 0 Å². The van der Waals surface area contributed by atoms with E-state index >= 15 is 0 Å². The predicted octanol–water partition coefficient (Wildman–Crippen LogP) is -1.34. The van der Waals surface area contributed by atoms with Crippen molar-refractivity contribution in [3.05, 3.63) is 0 Å². The van der Waals surface area contributed by atoms with E-state index in [0.717, 1.165) is 0 Å². The summed E-state index contributed by atoms with van der Waals surface area (Å²) in [7, 11) is 0. The summed E-state index contributed by atoms with van der Waals surface area (Å²) in [6.07, 6.45) is 3.50. The lowest BCUT2D eigenvalue weighted by molar-refractivity contribution is -0.142. The Morgan fingerprint density at radius 2 is 1.50 bits per heavy atom. The monoisotopic (exact) mass is 504 g/mol. The van der Waals surface area contributed by atoms with Crippen molar-refractivity contribution in [2.75, 3.05) is 18.6 Å². The number of amides is 4. The average molecular weight is 505 g/mol. The highest BCUT2D eigenvalue weighted by atomic mass is 32.2. The molecule has 0 bridgehead atoms. The quantitative estimate of drug-likeness (QED) is 0.110. The summed E-state index contributed by atoms with van der Waals surface area (Å²) in [5.41, 5.74) is 16.5. The highest BCUT2D eigenvalue weighted by Crippen LogP contribution is 2.08. The first-order chi connectivity index (χ1) is 15.9. The SMILES string of the molecule is CSCCC(NC(=O)C(NC(=O)C(CCC(N)=O)NC(=O)C(N)CCCCN)C(C)C)C(=O)O. The molecule has 196 valence electrons. The molecule has 13 heteroatoms. The van der Waals surface area contributed by atoms with Crippen LogP contribution in [-0.4, -0.2) is 77.4 Å². The first-order valence-electron chi connectivity index (χ1n) is 11.3. The van der Waals surface area contributed by atoms with E-state index in [1.54, 1.807) is 13.8 Å². The molecular weight excluding hydrogens is 464 g/mol. The second-order valence-electron chi connectivity index (χ2n) is 8.37. The molecule has 0 aromatic heterocycles. The Labute approximate surface area is 204 Å². The molecule has 4 amide bonds. The van der Waals surface area contributed by atoms with E-state index in [9.17, 15) is 29.1 Å². The number of rotatable bonds is 18. The summed E-state index contributed by atoms with van der Waals surface area (Å²) >= 11 is 1.45. The van der Waals surface area contributed by atoms with E-state index in [0.29, 0.717) is 31.6 Å². The molecule has 12 nitrogen and oxygen atoms in total. The van der Waals surface area contributed by atoms with Gasteiger partial charge >= 0.3 is 5.97 Å². The van der Waals surface area contributed by atoms with E-state index in [1.807, 2.05) is 6.26 Å². The number of nitrogens with two attached hydrogens (primary N) is 3. The first kappa shape index (κ1) is 31.6. The highest BCUT2D eigenvalue weighted by molar-refractivity contribution is 7.98. The fourth-order valence-corrected chi connectivity index (χ4v) is 3.49. The minimum atomic E-state index is -1.17. The molecule has 0 saturated carbocycles. The van der Waals surface area contributed by atoms with Crippen molar-refractivity contribution >= 4 is 41.4 Å². The smallest absolute Gasteiger partial charge is 0.326 e. The molecule has 0 saturated heterocycles.